The Morgan fingerprint density at radius 2 is 1.07 bits per heavy atom. The third kappa shape index (κ3) is 3.35. The molecule has 1 nitrogen and oxygen atoms in total. The van der Waals surface area contributed by atoms with E-state index in [9.17, 15) is 0 Å². The maximum atomic E-state index is 6.52. The molecule has 0 unspecified atom stereocenters. The Balaban J connectivity index is 1.35. The van der Waals surface area contributed by atoms with Crippen molar-refractivity contribution in [2.24, 2.45) is 0 Å². The van der Waals surface area contributed by atoms with Crippen LogP contribution in [0.1, 0.15) is 22.3 Å². The van der Waals surface area contributed by atoms with Crippen LogP contribution in [-0.2, 0) is 5.41 Å². The van der Waals surface area contributed by atoms with Gasteiger partial charge in [0.2, 0.25) is 0 Å². The summed E-state index contributed by atoms with van der Waals surface area (Å²) in [5, 5.41) is 7.15. The zero-order valence-electron chi connectivity index (χ0n) is 25.1. The van der Waals surface area contributed by atoms with Gasteiger partial charge in [-0.15, -0.1) is 0 Å². The number of benzene rings is 8. The summed E-state index contributed by atoms with van der Waals surface area (Å²) in [6.45, 7) is 0. The highest BCUT2D eigenvalue weighted by atomic mass is 16.3. The van der Waals surface area contributed by atoms with Crippen molar-refractivity contribution in [1.82, 2.24) is 0 Å². The molecule has 1 aliphatic carbocycles. The summed E-state index contributed by atoms with van der Waals surface area (Å²) in [7, 11) is 0. The molecular formula is C45H28O. The number of fused-ring (bicyclic) bond motifs is 10. The van der Waals surface area contributed by atoms with Crippen molar-refractivity contribution in [2.45, 2.75) is 5.41 Å². The molecule has 0 saturated carbocycles. The van der Waals surface area contributed by atoms with Crippen molar-refractivity contribution < 1.29 is 4.42 Å². The summed E-state index contributed by atoms with van der Waals surface area (Å²) in [5.74, 6) is 0. The van der Waals surface area contributed by atoms with E-state index in [1.165, 1.54) is 60.7 Å². The second-order valence-electron chi connectivity index (χ2n) is 12.4. The average Bonchev–Trinajstić information content (AvgIpc) is 3.67. The minimum absolute atomic E-state index is 0.477. The quantitative estimate of drug-likeness (QED) is 0.201. The zero-order valence-corrected chi connectivity index (χ0v) is 25.1. The van der Waals surface area contributed by atoms with Crippen LogP contribution in [0.2, 0.25) is 0 Å². The Morgan fingerprint density at radius 3 is 1.85 bits per heavy atom. The maximum Gasteiger partial charge on any atom is 0.143 e. The third-order valence-electron chi connectivity index (χ3n) is 10.1. The Kier molecular flexibility index (Phi) is 5.27. The van der Waals surface area contributed by atoms with Gasteiger partial charge in [-0.05, 0) is 84.9 Å². The van der Waals surface area contributed by atoms with Gasteiger partial charge in [-0.3, -0.25) is 0 Å². The van der Waals surface area contributed by atoms with E-state index in [1.54, 1.807) is 0 Å². The topological polar surface area (TPSA) is 13.1 Å². The molecule has 10 rings (SSSR count). The van der Waals surface area contributed by atoms with E-state index in [-0.39, 0.29) is 0 Å². The van der Waals surface area contributed by atoms with Gasteiger partial charge in [0.1, 0.15) is 11.2 Å². The van der Waals surface area contributed by atoms with Crippen LogP contribution in [0.5, 0.6) is 0 Å². The van der Waals surface area contributed by atoms with Crippen LogP contribution in [0.3, 0.4) is 0 Å². The number of hydrogen-bond acceptors (Lipinski definition) is 1. The van der Waals surface area contributed by atoms with Crippen molar-refractivity contribution >= 4 is 43.5 Å². The van der Waals surface area contributed by atoms with Gasteiger partial charge in [-0.25, -0.2) is 0 Å². The highest BCUT2D eigenvalue weighted by molar-refractivity contribution is 6.16. The lowest BCUT2D eigenvalue weighted by Gasteiger charge is -2.35. The molecule has 0 spiro atoms. The molecule has 0 fully saturated rings. The fourth-order valence-corrected chi connectivity index (χ4v) is 8.22. The molecular weight excluding hydrogens is 556 g/mol. The lowest BCUT2D eigenvalue weighted by atomic mass is 9.66. The summed E-state index contributed by atoms with van der Waals surface area (Å²) in [5.41, 5.74) is 11.6. The van der Waals surface area contributed by atoms with Crippen molar-refractivity contribution in [3.05, 3.63) is 192 Å². The van der Waals surface area contributed by atoms with E-state index in [2.05, 4.69) is 170 Å². The Bertz CT molecular complexity index is 2590. The van der Waals surface area contributed by atoms with E-state index < -0.39 is 5.41 Å². The van der Waals surface area contributed by atoms with Crippen LogP contribution in [0.4, 0.5) is 0 Å². The second-order valence-corrected chi connectivity index (χ2v) is 12.4. The molecule has 0 N–H and O–H groups in total. The van der Waals surface area contributed by atoms with Gasteiger partial charge in [0.05, 0.1) is 5.41 Å². The molecule has 0 saturated heterocycles. The van der Waals surface area contributed by atoms with Gasteiger partial charge >= 0.3 is 0 Å². The summed E-state index contributed by atoms with van der Waals surface area (Å²) >= 11 is 0. The molecule has 0 amide bonds. The van der Waals surface area contributed by atoms with Crippen molar-refractivity contribution in [1.29, 1.82) is 0 Å². The van der Waals surface area contributed by atoms with Gasteiger partial charge < -0.3 is 4.42 Å². The van der Waals surface area contributed by atoms with Gasteiger partial charge in [0.15, 0.2) is 0 Å². The van der Waals surface area contributed by atoms with Gasteiger partial charge in [0.25, 0.3) is 0 Å². The summed E-state index contributed by atoms with van der Waals surface area (Å²) in [4.78, 5) is 0. The predicted molar refractivity (Wildman–Crippen MR) is 191 cm³/mol. The summed E-state index contributed by atoms with van der Waals surface area (Å²) in [6.07, 6.45) is 0. The second kappa shape index (κ2) is 9.54. The van der Waals surface area contributed by atoms with E-state index in [1.807, 2.05) is 0 Å². The highest BCUT2D eigenvalue weighted by Gasteiger charge is 2.48. The van der Waals surface area contributed by atoms with Crippen LogP contribution < -0.4 is 0 Å². The molecule has 0 atom stereocenters. The van der Waals surface area contributed by atoms with E-state index in [0.29, 0.717) is 0 Å². The fraction of sp³-hybridized carbons (Fsp3) is 0.0222. The van der Waals surface area contributed by atoms with Crippen molar-refractivity contribution in [3.8, 4) is 22.3 Å². The normalized spacial score (nSPS) is 13.4. The molecule has 9 aromatic rings. The molecule has 0 radical (unpaired) electrons. The SMILES string of the molecule is c1ccc(C2(c3ccccc3)c3ccccc3-c3c(-c4ccc5oc6c7ccccc7ccc6c5c4)cc4ccccc4c32)cc1. The Morgan fingerprint density at radius 1 is 0.413 bits per heavy atom. The minimum atomic E-state index is -0.477. The molecule has 0 bridgehead atoms. The fourth-order valence-electron chi connectivity index (χ4n) is 8.22. The van der Waals surface area contributed by atoms with Crippen molar-refractivity contribution in [2.75, 3.05) is 0 Å². The predicted octanol–water partition coefficient (Wildman–Crippen LogP) is 11.9. The largest absolute Gasteiger partial charge is 0.455 e. The van der Waals surface area contributed by atoms with E-state index in [0.717, 1.165) is 27.3 Å². The van der Waals surface area contributed by atoms with Gasteiger partial charge in [-0.2, -0.15) is 0 Å². The first kappa shape index (κ1) is 25.4. The maximum absolute atomic E-state index is 6.52. The minimum Gasteiger partial charge on any atom is -0.455 e. The number of hydrogen-bond donors (Lipinski definition) is 0. The molecule has 214 valence electrons. The zero-order chi connectivity index (χ0) is 30.2. The standard InChI is InChI=1S/C45H28O/c1-3-15-32(16-4-1)45(33-17-5-2-6-18-33)40-22-12-11-21-37(40)42-38(27-30-14-8-9-19-34(30)43(42)45)31-24-26-41-39(28-31)36-25-23-29-13-7-10-20-35(29)44(36)46-41/h1-28H. The lowest BCUT2D eigenvalue weighted by Crippen LogP contribution is -2.28. The smallest absolute Gasteiger partial charge is 0.143 e. The summed E-state index contributed by atoms with van der Waals surface area (Å²) < 4.78 is 6.52. The molecule has 46 heavy (non-hydrogen) atoms. The molecule has 8 aromatic carbocycles. The Labute approximate surface area is 267 Å². The lowest BCUT2D eigenvalue weighted by molar-refractivity contribution is 0.672. The molecule has 1 heterocycles. The summed E-state index contributed by atoms with van der Waals surface area (Å²) in [6, 6.07) is 62.1. The Hall–Kier alpha value is -5.92. The van der Waals surface area contributed by atoms with Crippen LogP contribution in [-0.4, -0.2) is 0 Å². The van der Waals surface area contributed by atoms with Gasteiger partial charge in [-0.1, -0.05) is 146 Å². The van der Waals surface area contributed by atoms with Crippen molar-refractivity contribution in [3.63, 3.8) is 0 Å². The molecule has 1 aromatic heterocycles. The number of furan rings is 1. The van der Waals surface area contributed by atoms with Crippen LogP contribution in [0, 0.1) is 0 Å². The first-order chi connectivity index (χ1) is 22.8. The first-order valence-corrected chi connectivity index (χ1v) is 15.9. The molecule has 0 aliphatic heterocycles. The van der Waals surface area contributed by atoms with Crippen LogP contribution in [0.15, 0.2) is 174 Å². The monoisotopic (exact) mass is 584 g/mol. The third-order valence-corrected chi connectivity index (χ3v) is 10.1. The number of rotatable bonds is 3. The van der Waals surface area contributed by atoms with Gasteiger partial charge in [0, 0.05) is 16.2 Å². The van der Waals surface area contributed by atoms with Crippen LogP contribution in [0.25, 0.3) is 65.7 Å². The molecule has 1 aliphatic rings. The highest BCUT2D eigenvalue weighted by Crippen LogP contribution is 2.60. The molecule has 1 heteroatoms. The van der Waals surface area contributed by atoms with E-state index in [4.69, 9.17) is 4.42 Å². The average molecular weight is 585 g/mol. The first-order valence-electron chi connectivity index (χ1n) is 15.9. The van der Waals surface area contributed by atoms with E-state index >= 15 is 0 Å². The van der Waals surface area contributed by atoms with Crippen LogP contribution >= 0.6 is 0 Å².